The van der Waals surface area contributed by atoms with Gasteiger partial charge in [0, 0.05) is 25.6 Å². The van der Waals surface area contributed by atoms with Crippen molar-refractivity contribution in [1.29, 1.82) is 0 Å². The Balaban J connectivity index is 2.44. The zero-order valence-corrected chi connectivity index (χ0v) is 11.8. The molecular formula is C15H22N2O2. The first-order valence-corrected chi connectivity index (χ1v) is 6.65. The van der Waals surface area contributed by atoms with Gasteiger partial charge >= 0.3 is 0 Å². The predicted molar refractivity (Wildman–Crippen MR) is 76.3 cm³/mol. The van der Waals surface area contributed by atoms with Crippen molar-refractivity contribution in [2.75, 3.05) is 13.1 Å². The fraction of sp³-hybridized carbons (Fsp3) is 0.467. The van der Waals surface area contributed by atoms with E-state index in [-0.39, 0.29) is 17.7 Å². The molecule has 0 heterocycles. The summed E-state index contributed by atoms with van der Waals surface area (Å²) in [5.41, 5.74) is 1.94. The van der Waals surface area contributed by atoms with Crippen LogP contribution in [0.15, 0.2) is 24.3 Å². The van der Waals surface area contributed by atoms with E-state index in [9.17, 15) is 9.59 Å². The number of rotatable bonds is 7. The lowest BCUT2D eigenvalue weighted by Crippen LogP contribution is -2.39. The highest BCUT2D eigenvalue weighted by Gasteiger charge is 2.13. The summed E-state index contributed by atoms with van der Waals surface area (Å²) in [5, 5.41) is 5.78. The van der Waals surface area contributed by atoms with Gasteiger partial charge in [-0.05, 0) is 18.9 Å². The van der Waals surface area contributed by atoms with Crippen molar-refractivity contribution in [1.82, 2.24) is 10.6 Å². The summed E-state index contributed by atoms with van der Waals surface area (Å²) in [6, 6.07) is 7.45. The maximum Gasteiger partial charge on any atom is 0.216 e. The monoisotopic (exact) mass is 262 g/mol. The molecule has 1 aromatic rings. The number of amides is 1. The Morgan fingerprint density at radius 1 is 1.16 bits per heavy atom. The number of ketones is 1. The van der Waals surface area contributed by atoms with Gasteiger partial charge in [-0.1, -0.05) is 31.2 Å². The van der Waals surface area contributed by atoms with Gasteiger partial charge in [-0.15, -0.1) is 0 Å². The van der Waals surface area contributed by atoms with Gasteiger partial charge in [0.15, 0.2) is 5.78 Å². The molecule has 104 valence electrons. The normalized spacial score (nSPS) is 11.9. The Hall–Kier alpha value is -1.68. The number of hydrogen-bond donors (Lipinski definition) is 2. The summed E-state index contributed by atoms with van der Waals surface area (Å²) in [5.74, 6) is 0.0152. The molecule has 0 aliphatic carbocycles. The smallest absolute Gasteiger partial charge is 0.216 e. The van der Waals surface area contributed by atoms with Gasteiger partial charge < -0.3 is 10.6 Å². The first kappa shape index (κ1) is 15.4. The number of Topliss-reactive ketones (excluding diaryl/α,β-unsaturated/α-hetero) is 1. The molecule has 4 nitrogen and oxygen atoms in total. The highest BCUT2D eigenvalue weighted by atomic mass is 16.1. The fourth-order valence-electron chi connectivity index (χ4n) is 1.77. The summed E-state index contributed by atoms with van der Waals surface area (Å²) in [7, 11) is 0. The zero-order chi connectivity index (χ0) is 14.3. The van der Waals surface area contributed by atoms with E-state index in [4.69, 9.17) is 0 Å². The van der Waals surface area contributed by atoms with E-state index in [1.807, 2.05) is 31.2 Å². The Bertz CT molecular complexity index is 426. The van der Waals surface area contributed by atoms with Crippen LogP contribution < -0.4 is 10.6 Å². The first-order valence-electron chi connectivity index (χ1n) is 6.65. The minimum absolute atomic E-state index is 0.0593. The largest absolute Gasteiger partial charge is 0.355 e. The molecule has 1 aromatic carbocycles. The first-order chi connectivity index (χ1) is 9.04. The molecule has 0 saturated heterocycles. The van der Waals surface area contributed by atoms with E-state index in [2.05, 4.69) is 17.6 Å². The quantitative estimate of drug-likeness (QED) is 0.579. The maximum absolute atomic E-state index is 12.1. The molecular weight excluding hydrogens is 240 g/mol. The summed E-state index contributed by atoms with van der Waals surface area (Å²) in [6.07, 6.45) is 0.971. The number of nitrogens with one attached hydrogen (secondary N) is 2. The summed E-state index contributed by atoms with van der Waals surface area (Å²) in [6.45, 7) is 6.51. The molecule has 0 aliphatic rings. The number of carbonyl (C=O) groups is 2. The lowest BCUT2D eigenvalue weighted by Gasteiger charge is -2.13. The summed E-state index contributed by atoms with van der Waals surface area (Å²) in [4.78, 5) is 22.8. The van der Waals surface area contributed by atoms with Crippen LogP contribution in [0.1, 0.15) is 36.7 Å². The van der Waals surface area contributed by atoms with Crippen LogP contribution in [-0.4, -0.2) is 30.8 Å². The third-order valence-electron chi connectivity index (χ3n) is 2.99. The molecule has 0 bridgehead atoms. The molecule has 1 atom stereocenters. The number of aryl methyl sites for hydroxylation is 1. The van der Waals surface area contributed by atoms with Crippen molar-refractivity contribution < 1.29 is 9.59 Å². The third-order valence-corrected chi connectivity index (χ3v) is 2.99. The van der Waals surface area contributed by atoms with Crippen molar-refractivity contribution in [3.8, 4) is 0 Å². The van der Waals surface area contributed by atoms with Gasteiger partial charge in [0.05, 0.1) is 6.04 Å². The molecule has 1 unspecified atom stereocenters. The number of hydrogen-bond acceptors (Lipinski definition) is 3. The standard InChI is InChI=1S/C15H22N2O2/c1-4-13-5-7-14(8-6-13)15(19)11(2)16-9-10-17-12(3)18/h5-8,11,16H,4,9-10H2,1-3H3,(H,17,18). The van der Waals surface area contributed by atoms with Gasteiger partial charge in [-0.3, -0.25) is 9.59 Å². The van der Waals surface area contributed by atoms with Crippen molar-refractivity contribution in [2.24, 2.45) is 0 Å². The van der Waals surface area contributed by atoms with Crippen LogP contribution in [-0.2, 0) is 11.2 Å². The predicted octanol–water partition coefficient (Wildman–Crippen LogP) is 1.55. The zero-order valence-electron chi connectivity index (χ0n) is 11.8. The molecule has 1 amide bonds. The summed E-state index contributed by atoms with van der Waals surface area (Å²) >= 11 is 0. The lowest BCUT2D eigenvalue weighted by molar-refractivity contribution is -0.118. The molecule has 0 radical (unpaired) electrons. The molecule has 2 N–H and O–H groups in total. The molecule has 1 rings (SSSR count). The molecule has 4 heteroatoms. The Labute approximate surface area is 114 Å². The second kappa shape index (κ2) is 7.69. The maximum atomic E-state index is 12.1. The van der Waals surface area contributed by atoms with Gasteiger partial charge in [0.1, 0.15) is 0 Å². The van der Waals surface area contributed by atoms with E-state index in [1.54, 1.807) is 0 Å². The Morgan fingerprint density at radius 2 is 1.79 bits per heavy atom. The molecule has 0 fully saturated rings. The van der Waals surface area contributed by atoms with Crippen LogP contribution in [0.2, 0.25) is 0 Å². The van der Waals surface area contributed by atoms with Crippen LogP contribution in [0.4, 0.5) is 0 Å². The average molecular weight is 262 g/mol. The molecule has 0 aromatic heterocycles. The van der Waals surface area contributed by atoms with Gasteiger partial charge in [-0.25, -0.2) is 0 Å². The summed E-state index contributed by atoms with van der Waals surface area (Å²) < 4.78 is 0. The topological polar surface area (TPSA) is 58.2 Å². The van der Waals surface area contributed by atoms with Crippen LogP contribution >= 0.6 is 0 Å². The van der Waals surface area contributed by atoms with E-state index < -0.39 is 0 Å². The van der Waals surface area contributed by atoms with E-state index in [0.29, 0.717) is 13.1 Å². The molecule has 19 heavy (non-hydrogen) atoms. The second-order valence-electron chi connectivity index (χ2n) is 4.57. The van der Waals surface area contributed by atoms with Crippen molar-refractivity contribution in [3.05, 3.63) is 35.4 Å². The highest BCUT2D eigenvalue weighted by Crippen LogP contribution is 2.07. The van der Waals surface area contributed by atoms with Crippen molar-refractivity contribution in [3.63, 3.8) is 0 Å². The van der Waals surface area contributed by atoms with E-state index in [1.165, 1.54) is 12.5 Å². The molecule has 0 saturated carbocycles. The lowest BCUT2D eigenvalue weighted by atomic mass is 10.0. The van der Waals surface area contributed by atoms with Crippen molar-refractivity contribution >= 4 is 11.7 Å². The molecule has 0 spiro atoms. The number of benzene rings is 1. The average Bonchev–Trinajstić information content (AvgIpc) is 2.42. The Morgan fingerprint density at radius 3 is 2.32 bits per heavy atom. The van der Waals surface area contributed by atoms with E-state index in [0.717, 1.165) is 12.0 Å². The minimum atomic E-state index is -0.249. The Kier molecular flexibility index (Phi) is 6.22. The van der Waals surface area contributed by atoms with E-state index >= 15 is 0 Å². The van der Waals surface area contributed by atoms with Gasteiger partial charge in [-0.2, -0.15) is 0 Å². The number of carbonyl (C=O) groups excluding carboxylic acids is 2. The third kappa shape index (κ3) is 5.22. The SMILES string of the molecule is CCc1ccc(C(=O)C(C)NCCNC(C)=O)cc1. The fourth-order valence-corrected chi connectivity index (χ4v) is 1.77. The molecule has 0 aliphatic heterocycles. The highest BCUT2D eigenvalue weighted by molar-refractivity contribution is 5.99. The van der Waals surface area contributed by atoms with Crippen LogP contribution in [0, 0.1) is 0 Å². The van der Waals surface area contributed by atoms with Crippen LogP contribution in [0.3, 0.4) is 0 Å². The van der Waals surface area contributed by atoms with Gasteiger partial charge in [0.25, 0.3) is 0 Å². The van der Waals surface area contributed by atoms with Gasteiger partial charge in [0.2, 0.25) is 5.91 Å². The van der Waals surface area contributed by atoms with Crippen molar-refractivity contribution in [2.45, 2.75) is 33.2 Å². The minimum Gasteiger partial charge on any atom is -0.355 e. The van der Waals surface area contributed by atoms with Crippen LogP contribution in [0.25, 0.3) is 0 Å². The second-order valence-corrected chi connectivity index (χ2v) is 4.57. The van der Waals surface area contributed by atoms with Crippen LogP contribution in [0.5, 0.6) is 0 Å².